The van der Waals surface area contributed by atoms with Crippen molar-refractivity contribution in [1.82, 2.24) is 15.2 Å². The molecule has 4 rings (SSSR count). The number of nitrogens with one attached hydrogen (secondary N) is 1. The second-order valence-electron chi connectivity index (χ2n) is 6.18. The number of ether oxygens (including phenoxy) is 2. The van der Waals surface area contributed by atoms with Crippen LogP contribution in [0.25, 0.3) is 22.0 Å². The predicted octanol–water partition coefficient (Wildman–Crippen LogP) is 3.94. The molecule has 0 bridgehead atoms. The third-order valence-corrected chi connectivity index (χ3v) is 4.76. The fourth-order valence-corrected chi connectivity index (χ4v) is 3.37. The highest BCUT2D eigenvalue weighted by atomic mass is 35.5. The normalized spacial score (nSPS) is 16.8. The van der Waals surface area contributed by atoms with Gasteiger partial charge in [0.25, 0.3) is 0 Å². The number of hydrogen-bond donors (Lipinski definition) is 1. The number of fused-ring (bicyclic) bond motifs is 1. The van der Waals surface area contributed by atoms with E-state index in [2.05, 4.69) is 20.5 Å². The monoisotopic (exact) mass is 370 g/mol. The zero-order valence-corrected chi connectivity index (χ0v) is 15.2. The van der Waals surface area contributed by atoms with Crippen molar-refractivity contribution in [2.45, 2.75) is 18.9 Å². The van der Waals surface area contributed by atoms with Crippen LogP contribution in [0.2, 0.25) is 5.02 Å². The number of benzene rings is 1. The van der Waals surface area contributed by atoms with Crippen LogP contribution in [-0.4, -0.2) is 41.5 Å². The molecule has 0 unspecified atom stereocenters. The van der Waals surface area contributed by atoms with Gasteiger partial charge in [-0.2, -0.15) is 0 Å². The lowest BCUT2D eigenvalue weighted by molar-refractivity contribution is 0.120. The zero-order valence-electron chi connectivity index (χ0n) is 14.4. The summed E-state index contributed by atoms with van der Waals surface area (Å²) in [7, 11) is 1.61. The first kappa shape index (κ1) is 17.0. The van der Waals surface area contributed by atoms with Gasteiger partial charge in [0.05, 0.1) is 13.2 Å². The summed E-state index contributed by atoms with van der Waals surface area (Å²) in [5.74, 6) is 1.37. The van der Waals surface area contributed by atoms with Crippen LogP contribution in [0.5, 0.6) is 5.75 Å². The van der Waals surface area contributed by atoms with Crippen molar-refractivity contribution in [2.75, 3.05) is 25.6 Å². The Morgan fingerprint density at radius 2 is 2.19 bits per heavy atom. The number of hydrogen-bond acceptors (Lipinski definition) is 6. The number of methoxy groups -OCH3 is 1. The van der Waals surface area contributed by atoms with Crippen molar-refractivity contribution in [3.63, 3.8) is 0 Å². The molecule has 7 heteroatoms. The van der Waals surface area contributed by atoms with Gasteiger partial charge in [-0.25, -0.2) is 0 Å². The average molecular weight is 371 g/mol. The van der Waals surface area contributed by atoms with Crippen molar-refractivity contribution in [3.8, 4) is 17.0 Å². The quantitative estimate of drug-likeness (QED) is 0.733. The van der Waals surface area contributed by atoms with Crippen molar-refractivity contribution in [3.05, 3.63) is 41.7 Å². The molecule has 3 aromatic rings. The minimum atomic E-state index is 0.222. The largest absolute Gasteiger partial charge is 0.496 e. The molecule has 0 saturated carbocycles. The van der Waals surface area contributed by atoms with E-state index in [0.717, 1.165) is 41.5 Å². The standard InChI is InChI=1S/C19H19ClN4O2/c1-25-17-9-12(20)4-5-15(17)18-14-6-7-21-11-16(14)19(24-23-18)22-10-13-3-2-8-26-13/h4-7,9,11,13H,2-3,8,10H2,1H3,(H,22,24)/t13-/m1/s1. The Hall–Kier alpha value is -2.44. The van der Waals surface area contributed by atoms with Crippen LogP contribution in [-0.2, 0) is 4.74 Å². The molecule has 1 atom stereocenters. The number of aromatic nitrogens is 3. The van der Waals surface area contributed by atoms with Crippen molar-refractivity contribution in [1.29, 1.82) is 0 Å². The molecule has 1 aliphatic rings. The SMILES string of the molecule is COc1cc(Cl)ccc1-c1nnc(NC[C@H]2CCCO2)c2cnccc12. The van der Waals surface area contributed by atoms with Gasteiger partial charge in [-0.1, -0.05) is 11.6 Å². The first-order chi connectivity index (χ1) is 12.8. The van der Waals surface area contributed by atoms with Crippen LogP contribution in [0.15, 0.2) is 36.7 Å². The summed E-state index contributed by atoms with van der Waals surface area (Å²) in [6.45, 7) is 1.54. The Morgan fingerprint density at radius 3 is 3.00 bits per heavy atom. The van der Waals surface area contributed by atoms with Crippen LogP contribution in [0, 0.1) is 0 Å². The number of halogens is 1. The third-order valence-electron chi connectivity index (χ3n) is 4.52. The Bertz CT molecular complexity index is 929. The maximum Gasteiger partial charge on any atom is 0.158 e. The van der Waals surface area contributed by atoms with E-state index < -0.39 is 0 Å². The highest BCUT2D eigenvalue weighted by Crippen LogP contribution is 2.36. The molecule has 26 heavy (non-hydrogen) atoms. The highest BCUT2D eigenvalue weighted by molar-refractivity contribution is 6.30. The number of anilines is 1. The zero-order chi connectivity index (χ0) is 17.9. The van der Waals surface area contributed by atoms with Gasteiger partial charge >= 0.3 is 0 Å². The average Bonchev–Trinajstić information content (AvgIpc) is 3.20. The van der Waals surface area contributed by atoms with Gasteiger partial charge in [-0.15, -0.1) is 10.2 Å². The lowest BCUT2D eigenvalue weighted by Crippen LogP contribution is -2.19. The van der Waals surface area contributed by atoms with E-state index in [1.54, 1.807) is 25.6 Å². The summed E-state index contributed by atoms with van der Waals surface area (Å²) < 4.78 is 11.1. The smallest absolute Gasteiger partial charge is 0.158 e. The van der Waals surface area contributed by atoms with E-state index in [1.165, 1.54) is 0 Å². The minimum absolute atomic E-state index is 0.222. The van der Waals surface area contributed by atoms with Gasteiger partial charge in [0, 0.05) is 46.9 Å². The van der Waals surface area contributed by atoms with Crippen LogP contribution in [0.4, 0.5) is 5.82 Å². The molecule has 0 aliphatic carbocycles. The molecule has 0 radical (unpaired) electrons. The van der Waals surface area contributed by atoms with Crippen molar-refractivity contribution >= 4 is 28.2 Å². The molecule has 1 N–H and O–H groups in total. The molecule has 1 saturated heterocycles. The maximum atomic E-state index is 6.08. The molecule has 1 aromatic carbocycles. The fourth-order valence-electron chi connectivity index (χ4n) is 3.20. The summed E-state index contributed by atoms with van der Waals surface area (Å²) in [5, 5.41) is 14.7. The van der Waals surface area contributed by atoms with Gasteiger partial charge < -0.3 is 14.8 Å². The van der Waals surface area contributed by atoms with Crippen LogP contribution in [0.3, 0.4) is 0 Å². The van der Waals surface area contributed by atoms with Gasteiger partial charge in [0.1, 0.15) is 11.4 Å². The summed E-state index contributed by atoms with van der Waals surface area (Å²) in [5.41, 5.74) is 1.57. The summed E-state index contributed by atoms with van der Waals surface area (Å²) >= 11 is 6.08. The number of pyridine rings is 1. The molecule has 0 amide bonds. The predicted molar refractivity (Wildman–Crippen MR) is 102 cm³/mol. The highest BCUT2D eigenvalue weighted by Gasteiger charge is 2.18. The fraction of sp³-hybridized carbons (Fsp3) is 0.316. The summed E-state index contributed by atoms with van der Waals surface area (Å²) in [4.78, 5) is 4.25. The van der Waals surface area contributed by atoms with E-state index in [0.29, 0.717) is 23.1 Å². The first-order valence-electron chi connectivity index (χ1n) is 8.56. The maximum absolute atomic E-state index is 6.08. The molecular weight excluding hydrogens is 352 g/mol. The van der Waals surface area contributed by atoms with Crippen LogP contribution in [0.1, 0.15) is 12.8 Å². The van der Waals surface area contributed by atoms with Crippen LogP contribution < -0.4 is 10.1 Å². The third kappa shape index (κ3) is 3.30. The van der Waals surface area contributed by atoms with Gasteiger partial charge in [-0.3, -0.25) is 4.98 Å². The number of nitrogens with zero attached hydrogens (tertiary/aromatic N) is 3. The lowest BCUT2D eigenvalue weighted by Gasteiger charge is -2.14. The van der Waals surface area contributed by atoms with E-state index in [1.807, 2.05) is 18.2 Å². The molecule has 0 spiro atoms. The van der Waals surface area contributed by atoms with Gasteiger partial charge in [-0.05, 0) is 37.1 Å². The summed E-state index contributed by atoms with van der Waals surface area (Å²) in [6.07, 6.45) is 5.94. The topological polar surface area (TPSA) is 69.2 Å². The number of rotatable bonds is 5. The summed E-state index contributed by atoms with van der Waals surface area (Å²) in [6, 6.07) is 7.42. The Labute approximate surface area is 156 Å². The Morgan fingerprint density at radius 1 is 1.27 bits per heavy atom. The minimum Gasteiger partial charge on any atom is -0.496 e. The van der Waals surface area contributed by atoms with Crippen LogP contribution >= 0.6 is 11.6 Å². The first-order valence-corrected chi connectivity index (χ1v) is 8.94. The van der Waals surface area contributed by atoms with Gasteiger partial charge in [0.15, 0.2) is 5.82 Å². The van der Waals surface area contributed by atoms with E-state index in [4.69, 9.17) is 21.1 Å². The van der Waals surface area contributed by atoms with Gasteiger partial charge in [0.2, 0.25) is 0 Å². The molecule has 1 fully saturated rings. The second kappa shape index (κ2) is 7.43. The van der Waals surface area contributed by atoms with Crippen molar-refractivity contribution < 1.29 is 9.47 Å². The van der Waals surface area contributed by atoms with E-state index in [-0.39, 0.29) is 6.10 Å². The molecule has 6 nitrogen and oxygen atoms in total. The molecule has 1 aliphatic heterocycles. The van der Waals surface area contributed by atoms with E-state index in [9.17, 15) is 0 Å². The molecule has 2 aromatic heterocycles. The lowest BCUT2D eigenvalue weighted by atomic mass is 10.1. The second-order valence-corrected chi connectivity index (χ2v) is 6.62. The Kier molecular flexibility index (Phi) is 4.86. The molecule has 134 valence electrons. The molecule has 3 heterocycles. The van der Waals surface area contributed by atoms with E-state index >= 15 is 0 Å². The van der Waals surface area contributed by atoms with Crippen molar-refractivity contribution in [2.24, 2.45) is 0 Å². The molecular formula is C19H19ClN4O2. The Balaban J connectivity index is 1.74.